The lowest BCUT2D eigenvalue weighted by atomic mass is 10.1. The SMILES string of the molecule is Cc1cc(C)c(OC(C)(C)Oc2c(C)cc(C)cc2C)c(C)c1. The summed E-state index contributed by atoms with van der Waals surface area (Å²) in [6, 6.07) is 8.56. The van der Waals surface area contributed by atoms with Gasteiger partial charge in [0.25, 0.3) is 0 Å². The monoisotopic (exact) mass is 312 g/mol. The van der Waals surface area contributed by atoms with Gasteiger partial charge in [-0.2, -0.15) is 0 Å². The first-order valence-corrected chi connectivity index (χ1v) is 8.13. The van der Waals surface area contributed by atoms with Gasteiger partial charge in [0, 0.05) is 13.8 Å². The van der Waals surface area contributed by atoms with Crippen LogP contribution in [0.2, 0.25) is 0 Å². The van der Waals surface area contributed by atoms with Gasteiger partial charge >= 0.3 is 0 Å². The van der Waals surface area contributed by atoms with Gasteiger partial charge in [-0.1, -0.05) is 35.4 Å². The Morgan fingerprint density at radius 1 is 0.565 bits per heavy atom. The van der Waals surface area contributed by atoms with Gasteiger partial charge in [0.05, 0.1) is 0 Å². The number of aryl methyl sites for hydroxylation is 6. The molecular weight excluding hydrogens is 284 g/mol. The molecule has 0 saturated heterocycles. The van der Waals surface area contributed by atoms with E-state index in [-0.39, 0.29) is 0 Å². The largest absolute Gasteiger partial charge is 0.452 e. The number of rotatable bonds is 4. The number of hydrogen-bond acceptors (Lipinski definition) is 2. The molecule has 0 saturated carbocycles. The van der Waals surface area contributed by atoms with Crippen molar-refractivity contribution >= 4 is 0 Å². The molecule has 0 heterocycles. The smallest absolute Gasteiger partial charge is 0.245 e. The average molecular weight is 312 g/mol. The van der Waals surface area contributed by atoms with Gasteiger partial charge in [-0.05, 0) is 63.8 Å². The Hall–Kier alpha value is -1.96. The van der Waals surface area contributed by atoms with E-state index in [0.29, 0.717) is 0 Å². The van der Waals surface area contributed by atoms with Crippen LogP contribution in [0.3, 0.4) is 0 Å². The second kappa shape index (κ2) is 6.27. The van der Waals surface area contributed by atoms with E-state index in [1.54, 1.807) is 0 Å². The second-order valence-electron chi connectivity index (χ2n) is 7.06. The lowest BCUT2D eigenvalue weighted by molar-refractivity contribution is -0.0826. The molecule has 124 valence electrons. The first-order chi connectivity index (χ1) is 10.6. The van der Waals surface area contributed by atoms with Crippen molar-refractivity contribution in [1.82, 2.24) is 0 Å². The predicted molar refractivity (Wildman–Crippen MR) is 96.6 cm³/mol. The minimum absolute atomic E-state index is 0.741. The molecule has 0 aromatic heterocycles. The fourth-order valence-corrected chi connectivity index (χ4v) is 3.17. The van der Waals surface area contributed by atoms with Crippen LogP contribution in [0.5, 0.6) is 11.5 Å². The molecule has 2 heteroatoms. The molecule has 0 fully saturated rings. The summed E-state index contributed by atoms with van der Waals surface area (Å²) in [5, 5.41) is 0. The van der Waals surface area contributed by atoms with E-state index >= 15 is 0 Å². The Balaban J connectivity index is 2.30. The van der Waals surface area contributed by atoms with Crippen molar-refractivity contribution < 1.29 is 9.47 Å². The summed E-state index contributed by atoms with van der Waals surface area (Å²) in [4.78, 5) is 0. The average Bonchev–Trinajstić information content (AvgIpc) is 2.38. The zero-order valence-corrected chi connectivity index (χ0v) is 15.6. The van der Waals surface area contributed by atoms with Gasteiger partial charge in [-0.3, -0.25) is 0 Å². The third-order valence-corrected chi connectivity index (χ3v) is 3.91. The van der Waals surface area contributed by atoms with Crippen molar-refractivity contribution in [3.63, 3.8) is 0 Å². The maximum Gasteiger partial charge on any atom is 0.245 e. The summed E-state index contributed by atoms with van der Waals surface area (Å²) < 4.78 is 12.5. The lowest BCUT2D eigenvalue weighted by Crippen LogP contribution is -2.36. The van der Waals surface area contributed by atoms with Crippen LogP contribution >= 0.6 is 0 Å². The van der Waals surface area contributed by atoms with Crippen LogP contribution < -0.4 is 9.47 Å². The Morgan fingerprint density at radius 2 is 0.826 bits per heavy atom. The van der Waals surface area contributed by atoms with Crippen molar-refractivity contribution in [3.8, 4) is 11.5 Å². The van der Waals surface area contributed by atoms with Gasteiger partial charge in [-0.25, -0.2) is 0 Å². The zero-order chi connectivity index (χ0) is 17.4. The Kier molecular flexibility index (Phi) is 4.74. The van der Waals surface area contributed by atoms with E-state index in [9.17, 15) is 0 Å². The molecule has 0 aliphatic heterocycles. The Bertz CT molecular complexity index is 619. The van der Waals surface area contributed by atoms with Gasteiger partial charge < -0.3 is 9.47 Å². The van der Waals surface area contributed by atoms with E-state index in [2.05, 4.69) is 65.8 Å². The highest BCUT2D eigenvalue weighted by Gasteiger charge is 2.25. The molecule has 0 N–H and O–H groups in total. The summed E-state index contributed by atoms with van der Waals surface area (Å²) in [6.45, 7) is 16.4. The van der Waals surface area contributed by atoms with Gasteiger partial charge in [-0.15, -0.1) is 0 Å². The molecule has 0 aliphatic carbocycles. The summed E-state index contributed by atoms with van der Waals surface area (Å²) in [5.74, 6) is 1.07. The Morgan fingerprint density at radius 3 is 1.09 bits per heavy atom. The summed E-state index contributed by atoms with van der Waals surface area (Å²) >= 11 is 0. The van der Waals surface area contributed by atoms with Crippen LogP contribution in [0.15, 0.2) is 24.3 Å². The maximum absolute atomic E-state index is 6.24. The van der Waals surface area contributed by atoms with E-state index in [4.69, 9.17) is 9.47 Å². The first-order valence-electron chi connectivity index (χ1n) is 8.13. The first kappa shape index (κ1) is 17.4. The van der Waals surface area contributed by atoms with E-state index < -0.39 is 5.79 Å². The molecule has 23 heavy (non-hydrogen) atoms. The van der Waals surface area contributed by atoms with Crippen LogP contribution in [0.1, 0.15) is 47.2 Å². The molecule has 2 aromatic carbocycles. The minimum Gasteiger partial charge on any atom is -0.452 e. The van der Waals surface area contributed by atoms with E-state index in [1.165, 1.54) is 11.1 Å². The third-order valence-electron chi connectivity index (χ3n) is 3.91. The topological polar surface area (TPSA) is 18.5 Å². The summed E-state index contributed by atoms with van der Waals surface area (Å²) in [7, 11) is 0. The molecule has 0 atom stereocenters. The maximum atomic E-state index is 6.24. The molecule has 2 rings (SSSR count). The van der Waals surface area contributed by atoms with Crippen LogP contribution in [0, 0.1) is 41.5 Å². The molecule has 2 aromatic rings. The highest BCUT2D eigenvalue weighted by atomic mass is 16.7. The molecule has 0 radical (unpaired) electrons. The van der Waals surface area contributed by atoms with Crippen LogP contribution in [0.25, 0.3) is 0 Å². The van der Waals surface area contributed by atoms with Crippen molar-refractivity contribution in [1.29, 1.82) is 0 Å². The summed E-state index contributed by atoms with van der Waals surface area (Å²) in [5.41, 5.74) is 7.04. The lowest BCUT2D eigenvalue weighted by Gasteiger charge is -2.30. The fourth-order valence-electron chi connectivity index (χ4n) is 3.17. The van der Waals surface area contributed by atoms with Crippen molar-refractivity contribution in [2.24, 2.45) is 0 Å². The van der Waals surface area contributed by atoms with Crippen molar-refractivity contribution in [3.05, 3.63) is 57.6 Å². The third kappa shape index (κ3) is 4.07. The quantitative estimate of drug-likeness (QED) is 0.671. The van der Waals surface area contributed by atoms with Crippen LogP contribution in [-0.4, -0.2) is 5.79 Å². The minimum atomic E-state index is -0.741. The highest BCUT2D eigenvalue weighted by molar-refractivity contribution is 5.45. The Labute approximate surface area is 140 Å². The van der Waals surface area contributed by atoms with Gasteiger partial charge in [0.1, 0.15) is 11.5 Å². The molecule has 2 nitrogen and oxygen atoms in total. The molecule has 0 aliphatic rings. The van der Waals surface area contributed by atoms with Crippen molar-refractivity contribution in [2.75, 3.05) is 0 Å². The molecular formula is C21H28O2. The summed E-state index contributed by atoms with van der Waals surface area (Å²) in [6.07, 6.45) is 0. The number of hydrogen-bond donors (Lipinski definition) is 0. The zero-order valence-electron chi connectivity index (χ0n) is 15.6. The van der Waals surface area contributed by atoms with Gasteiger partial charge in [0.15, 0.2) is 0 Å². The van der Waals surface area contributed by atoms with Crippen LogP contribution in [-0.2, 0) is 0 Å². The molecule has 0 amide bonds. The molecule has 0 unspecified atom stereocenters. The second-order valence-corrected chi connectivity index (χ2v) is 7.06. The van der Waals surface area contributed by atoms with E-state index in [0.717, 1.165) is 33.8 Å². The predicted octanol–water partition coefficient (Wildman–Crippen LogP) is 5.73. The highest BCUT2D eigenvalue weighted by Crippen LogP contribution is 2.32. The number of benzene rings is 2. The molecule has 0 bridgehead atoms. The standard InChI is InChI=1S/C21H28O2/c1-13-9-15(3)19(16(4)10-13)22-21(7,8)23-20-17(5)11-14(2)12-18(20)6/h9-12H,1-8H3. The molecule has 0 spiro atoms. The normalized spacial score (nSPS) is 11.5. The number of ether oxygens (including phenoxy) is 2. The van der Waals surface area contributed by atoms with E-state index in [1.807, 2.05) is 13.8 Å². The van der Waals surface area contributed by atoms with Crippen LogP contribution in [0.4, 0.5) is 0 Å². The van der Waals surface area contributed by atoms with Crippen molar-refractivity contribution in [2.45, 2.75) is 61.2 Å². The van der Waals surface area contributed by atoms with Gasteiger partial charge in [0.2, 0.25) is 5.79 Å². The fraction of sp³-hybridized carbons (Fsp3) is 0.429.